The number of nitrogens with two attached hydrogens (primary N) is 1. The van der Waals surface area contributed by atoms with Crippen molar-refractivity contribution in [2.24, 2.45) is 0 Å². The average molecular weight is 370 g/mol. The Labute approximate surface area is 155 Å². The van der Waals surface area contributed by atoms with Gasteiger partial charge in [-0.25, -0.2) is 14.8 Å². The van der Waals surface area contributed by atoms with Gasteiger partial charge < -0.3 is 21.1 Å². The lowest BCUT2D eigenvalue weighted by atomic mass is 10.2. The number of benzene rings is 2. The summed E-state index contributed by atoms with van der Waals surface area (Å²) in [5, 5.41) is 6.87. The molecule has 0 radical (unpaired) electrons. The van der Waals surface area contributed by atoms with Gasteiger partial charge in [-0.3, -0.25) is 0 Å². The van der Waals surface area contributed by atoms with Gasteiger partial charge in [0.25, 0.3) is 0 Å². The van der Waals surface area contributed by atoms with Crippen molar-refractivity contribution in [3.05, 3.63) is 65.4 Å². The summed E-state index contributed by atoms with van der Waals surface area (Å²) in [6.07, 6.45) is 1.40. The zero-order valence-corrected chi connectivity index (χ0v) is 14.6. The number of esters is 1. The standard InChI is InChI=1S/C18H16ClN5O2/c1-26-18(25)11-2-6-13(7-3-11)23-16-15(20)17(22-10-21-16)24-14-8-4-12(19)5-9-14/h2-10H,20H2,1H3,(H2,21,22,23,24). The number of nitrogens with zero attached hydrogens (tertiary/aromatic N) is 2. The Balaban J connectivity index is 1.78. The van der Waals surface area contributed by atoms with Crippen molar-refractivity contribution in [2.75, 3.05) is 23.5 Å². The number of hydrogen-bond donors (Lipinski definition) is 3. The van der Waals surface area contributed by atoms with Gasteiger partial charge in [-0.2, -0.15) is 0 Å². The van der Waals surface area contributed by atoms with E-state index in [9.17, 15) is 4.79 Å². The number of hydrogen-bond acceptors (Lipinski definition) is 7. The van der Waals surface area contributed by atoms with E-state index in [4.69, 9.17) is 17.3 Å². The van der Waals surface area contributed by atoms with Gasteiger partial charge in [0.15, 0.2) is 11.6 Å². The van der Waals surface area contributed by atoms with Crippen molar-refractivity contribution < 1.29 is 9.53 Å². The monoisotopic (exact) mass is 369 g/mol. The summed E-state index contributed by atoms with van der Waals surface area (Å²) in [7, 11) is 1.34. The molecule has 1 aromatic heterocycles. The van der Waals surface area contributed by atoms with E-state index in [-0.39, 0.29) is 0 Å². The first-order valence-electron chi connectivity index (χ1n) is 7.65. The third kappa shape index (κ3) is 4.01. The first-order chi connectivity index (χ1) is 12.6. The first kappa shape index (κ1) is 17.5. The van der Waals surface area contributed by atoms with E-state index in [1.807, 2.05) is 12.1 Å². The summed E-state index contributed by atoms with van der Waals surface area (Å²) in [6, 6.07) is 14.0. The number of nitrogen functional groups attached to an aromatic ring is 1. The van der Waals surface area contributed by atoms with Crippen molar-refractivity contribution in [3.63, 3.8) is 0 Å². The summed E-state index contributed by atoms with van der Waals surface area (Å²) >= 11 is 5.88. The highest BCUT2D eigenvalue weighted by Crippen LogP contribution is 2.28. The molecule has 0 amide bonds. The number of halogens is 1. The summed E-state index contributed by atoms with van der Waals surface area (Å²) in [5.41, 5.74) is 8.50. The fraction of sp³-hybridized carbons (Fsp3) is 0.0556. The molecule has 3 aromatic rings. The van der Waals surface area contributed by atoms with Crippen molar-refractivity contribution in [3.8, 4) is 0 Å². The molecule has 132 valence electrons. The second kappa shape index (κ2) is 7.71. The lowest BCUT2D eigenvalue weighted by molar-refractivity contribution is 0.0601. The van der Waals surface area contributed by atoms with Gasteiger partial charge >= 0.3 is 5.97 Å². The van der Waals surface area contributed by atoms with Crippen LogP contribution in [-0.2, 0) is 4.74 Å². The van der Waals surface area contributed by atoms with Crippen molar-refractivity contribution in [1.82, 2.24) is 9.97 Å². The van der Waals surface area contributed by atoms with Crippen LogP contribution in [0.2, 0.25) is 5.02 Å². The number of methoxy groups -OCH3 is 1. The Morgan fingerprint density at radius 2 is 1.46 bits per heavy atom. The minimum atomic E-state index is -0.396. The minimum absolute atomic E-state index is 0.361. The number of aromatic nitrogens is 2. The first-order valence-corrected chi connectivity index (χ1v) is 8.03. The third-order valence-electron chi connectivity index (χ3n) is 3.56. The van der Waals surface area contributed by atoms with E-state index in [0.29, 0.717) is 27.9 Å². The molecule has 0 bridgehead atoms. The molecule has 0 saturated carbocycles. The van der Waals surface area contributed by atoms with Crippen LogP contribution in [0, 0.1) is 0 Å². The van der Waals surface area contributed by atoms with E-state index < -0.39 is 5.97 Å². The molecule has 0 aliphatic heterocycles. The average Bonchev–Trinajstić information content (AvgIpc) is 2.66. The third-order valence-corrected chi connectivity index (χ3v) is 3.81. The molecule has 26 heavy (non-hydrogen) atoms. The van der Waals surface area contributed by atoms with E-state index in [2.05, 4.69) is 25.3 Å². The molecule has 3 rings (SSSR count). The van der Waals surface area contributed by atoms with Crippen LogP contribution >= 0.6 is 11.6 Å². The molecule has 0 atom stereocenters. The molecule has 8 heteroatoms. The van der Waals surface area contributed by atoms with Crippen LogP contribution in [0.4, 0.5) is 28.7 Å². The minimum Gasteiger partial charge on any atom is -0.465 e. The van der Waals surface area contributed by atoms with E-state index >= 15 is 0 Å². The summed E-state index contributed by atoms with van der Waals surface area (Å²) < 4.78 is 4.68. The molecule has 2 aromatic carbocycles. The van der Waals surface area contributed by atoms with Crippen LogP contribution in [0.25, 0.3) is 0 Å². The zero-order valence-electron chi connectivity index (χ0n) is 13.9. The molecule has 0 fully saturated rings. The van der Waals surface area contributed by atoms with Gasteiger partial charge in [0.05, 0.1) is 12.7 Å². The van der Waals surface area contributed by atoms with Gasteiger partial charge in [0.2, 0.25) is 0 Å². The maximum atomic E-state index is 11.5. The molecule has 0 saturated heterocycles. The second-order valence-electron chi connectivity index (χ2n) is 5.31. The number of nitrogens with one attached hydrogen (secondary N) is 2. The van der Waals surface area contributed by atoms with Crippen LogP contribution in [-0.4, -0.2) is 23.0 Å². The van der Waals surface area contributed by atoms with E-state index in [0.717, 1.165) is 11.4 Å². The summed E-state index contributed by atoms with van der Waals surface area (Å²) in [4.78, 5) is 19.8. The van der Waals surface area contributed by atoms with Crippen molar-refractivity contribution in [2.45, 2.75) is 0 Å². The highest BCUT2D eigenvalue weighted by molar-refractivity contribution is 6.30. The fourth-order valence-electron chi connectivity index (χ4n) is 2.21. The Bertz CT molecular complexity index is 914. The molecule has 4 N–H and O–H groups in total. The topological polar surface area (TPSA) is 102 Å². The Kier molecular flexibility index (Phi) is 5.19. The number of rotatable bonds is 5. The lowest BCUT2D eigenvalue weighted by Gasteiger charge is -2.13. The zero-order chi connectivity index (χ0) is 18.5. The normalized spacial score (nSPS) is 10.2. The van der Waals surface area contributed by atoms with Crippen molar-refractivity contribution in [1.29, 1.82) is 0 Å². The Morgan fingerprint density at radius 1 is 0.962 bits per heavy atom. The molecule has 0 aliphatic rings. The van der Waals surface area contributed by atoms with Crippen LogP contribution < -0.4 is 16.4 Å². The lowest BCUT2D eigenvalue weighted by Crippen LogP contribution is -2.05. The molecule has 0 aliphatic carbocycles. The van der Waals surface area contributed by atoms with Crippen LogP contribution in [0.5, 0.6) is 0 Å². The molecular weight excluding hydrogens is 354 g/mol. The van der Waals surface area contributed by atoms with Gasteiger partial charge in [-0.15, -0.1) is 0 Å². The molecular formula is C18H16ClN5O2. The number of ether oxygens (including phenoxy) is 1. The summed E-state index contributed by atoms with van der Waals surface area (Å²) in [5.74, 6) is 0.519. The van der Waals surface area contributed by atoms with Crippen LogP contribution in [0.3, 0.4) is 0 Å². The number of anilines is 5. The maximum absolute atomic E-state index is 11.5. The smallest absolute Gasteiger partial charge is 0.337 e. The Hall–Kier alpha value is -3.32. The quantitative estimate of drug-likeness (QED) is 0.584. The molecule has 7 nitrogen and oxygen atoms in total. The highest BCUT2D eigenvalue weighted by Gasteiger charge is 2.10. The largest absolute Gasteiger partial charge is 0.465 e. The van der Waals surface area contributed by atoms with Crippen LogP contribution in [0.15, 0.2) is 54.9 Å². The van der Waals surface area contributed by atoms with Gasteiger partial charge in [0, 0.05) is 16.4 Å². The van der Waals surface area contributed by atoms with Gasteiger partial charge in [-0.05, 0) is 48.5 Å². The van der Waals surface area contributed by atoms with Crippen LogP contribution in [0.1, 0.15) is 10.4 Å². The van der Waals surface area contributed by atoms with Crippen molar-refractivity contribution >= 4 is 46.3 Å². The SMILES string of the molecule is COC(=O)c1ccc(Nc2ncnc(Nc3ccc(Cl)cc3)c2N)cc1. The Morgan fingerprint density at radius 3 is 1.96 bits per heavy atom. The molecule has 0 spiro atoms. The second-order valence-corrected chi connectivity index (χ2v) is 5.75. The summed E-state index contributed by atoms with van der Waals surface area (Å²) in [6.45, 7) is 0. The predicted octanol–water partition coefficient (Wildman–Crippen LogP) is 3.99. The predicted molar refractivity (Wildman–Crippen MR) is 102 cm³/mol. The van der Waals surface area contributed by atoms with Gasteiger partial charge in [0.1, 0.15) is 12.0 Å². The number of carbonyl (C=O) groups excluding carboxylic acids is 1. The molecule has 1 heterocycles. The number of carbonyl (C=O) groups is 1. The maximum Gasteiger partial charge on any atom is 0.337 e. The van der Waals surface area contributed by atoms with Gasteiger partial charge in [-0.1, -0.05) is 11.6 Å². The fourth-order valence-corrected chi connectivity index (χ4v) is 2.33. The highest BCUT2D eigenvalue weighted by atomic mass is 35.5. The van der Waals surface area contributed by atoms with E-state index in [1.54, 1.807) is 36.4 Å². The van der Waals surface area contributed by atoms with E-state index in [1.165, 1.54) is 13.4 Å². The molecule has 0 unspecified atom stereocenters.